The first-order valence-electron chi connectivity index (χ1n) is 7.27. The monoisotopic (exact) mass is 312 g/mol. The molecule has 124 valence electrons. The van der Waals surface area contributed by atoms with Crippen LogP contribution in [0.25, 0.3) is 0 Å². The topological polar surface area (TPSA) is 77.4 Å². The van der Waals surface area contributed by atoms with Crippen molar-refractivity contribution in [3.05, 3.63) is 35.4 Å². The highest BCUT2D eigenvalue weighted by atomic mass is 16.7. The van der Waals surface area contributed by atoms with Crippen LogP contribution in [-0.2, 0) is 25.6 Å². The fourth-order valence-corrected chi connectivity index (χ4v) is 2.45. The normalized spacial score (nSPS) is 32.1. The van der Waals surface area contributed by atoms with Crippen molar-refractivity contribution in [2.45, 2.75) is 44.2 Å². The molecule has 1 saturated heterocycles. The Balaban J connectivity index is 2.00. The van der Waals surface area contributed by atoms with Crippen LogP contribution in [0.1, 0.15) is 11.1 Å². The molecule has 1 aromatic carbocycles. The zero-order chi connectivity index (χ0) is 16.1. The lowest BCUT2D eigenvalue weighted by molar-refractivity contribution is -0.306. The van der Waals surface area contributed by atoms with Crippen LogP contribution in [0.2, 0.25) is 0 Å². The molecular weight excluding hydrogens is 288 g/mol. The minimum Gasteiger partial charge on any atom is -0.387 e. The zero-order valence-electron chi connectivity index (χ0n) is 13.1. The lowest BCUT2D eigenvalue weighted by Crippen LogP contribution is -2.59. The molecular formula is C16H24O6. The largest absolute Gasteiger partial charge is 0.387 e. The van der Waals surface area contributed by atoms with E-state index in [-0.39, 0.29) is 6.61 Å². The van der Waals surface area contributed by atoms with Gasteiger partial charge in [-0.05, 0) is 12.5 Å². The summed E-state index contributed by atoms with van der Waals surface area (Å²) in [5, 5.41) is 20.4. The molecule has 0 bridgehead atoms. The van der Waals surface area contributed by atoms with E-state index >= 15 is 0 Å². The average Bonchev–Trinajstić information content (AvgIpc) is 2.52. The third-order valence-electron chi connectivity index (χ3n) is 3.77. The SMILES string of the molecule is COCC1OC(OC)C(OCc2ccc(C)cc2)C(O)C1O. The summed E-state index contributed by atoms with van der Waals surface area (Å²) in [6, 6.07) is 7.89. The molecule has 1 aliphatic heterocycles. The van der Waals surface area contributed by atoms with E-state index in [1.165, 1.54) is 14.2 Å². The lowest BCUT2D eigenvalue weighted by Gasteiger charge is -2.41. The molecule has 0 aromatic heterocycles. The van der Waals surface area contributed by atoms with Crippen LogP contribution in [0.4, 0.5) is 0 Å². The van der Waals surface area contributed by atoms with E-state index in [0.29, 0.717) is 6.61 Å². The third-order valence-corrected chi connectivity index (χ3v) is 3.77. The molecule has 0 amide bonds. The van der Waals surface area contributed by atoms with Gasteiger partial charge in [0.1, 0.15) is 24.4 Å². The van der Waals surface area contributed by atoms with Gasteiger partial charge < -0.3 is 29.2 Å². The van der Waals surface area contributed by atoms with Gasteiger partial charge in [-0.25, -0.2) is 0 Å². The predicted octanol–water partition coefficient (Wildman–Crippen LogP) is 0.620. The molecule has 1 fully saturated rings. The van der Waals surface area contributed by atoms with E-state index < -0.39 is 30.7 Å². The van der Waals surface area contributed by atoms with Crippen LogP contribution in [0, 0.1) is 6.92 Å². The first kappa shape index (κ1) is 17.3. The standard InChI is InChI=1S/C16H24O6/c1-10-4-6-11(7-5-10)8-21-15-14(18)13(17)12(9-19-2)22-16(15)20-3/h4-7,12-18H,8-9H2,1-3H3. The summed E-state index contributed by atoms with van der Waals surface area (Å²) in [6.07, 6.45) is -4.37. The fraction of sp³-hybridized carbons (Fsp3) is 0.625. The Kier molecular flexibility index (Phi) is 6.31. The summed E-state index contributed by atoms with van der Waals surface area (Å²) in [5.74, 6) is 0. The van der Waals surface area contributed by atoms with Crippen molar-refractivity contribution in [1.29, 1.82) is 0 Å². The van der Waals surface area contributed by atoms with Crippen molar-refractivity contribution in [3.8, 4) is 0 Å². The molecule has 2 rings (SSSR count). The van der Waals surface area contributed by atoms with Crippen molar-refractivity contribution in [2.75, 3.05) is 20.8 Å². The van der Waals surface area contributed by atoms with Crippen LogP contribution in [0.15, 0.2) is 24.3 Å². The molecule has 6 heteroatoms. The maximum absolute atomic E-state index is 10.3. The molecule has 5 atom stereocenters. The number of aliphatic hydroxyl groups excluding tert-OH is 2. The summed E-state index contributed by atoms with van der Waals surface area (Å²) < 4.78 is 21.5. The highest BCUT2D eigenvalue weighted by Crippen LogP contribution is 2.25. The second-order valence-corrected chi connectivity index (χ2v) is 5.48. The number of rotatable bonds is 6. The van der Waals surface area contributed by atoms with Crippen molar-refractivity contribution in [2.24, 2.45) is 0 Å². The van der Waals surface area contributed by atoms with Gasteiger partial charge in [0.15, 0.2) is 6.29 Å². The van der Waals surface area contributed by atoms with Gasteiger partial charge in [-0.1, -0.05) is 29.8 Å². The summed E-state index contributed by atoms with van der Waals surface area (Å²) in [6.45, 7) is 2.48. The molecule has 22 heavy (non-hydrogen) atoms. The minimum atomic E-state index is -1.11. The molecule has 1 aliphatic rings. The van der Waals surface area contributed by atoms with Crippen molar-refractivity contribution in [3.63, 3.8) is 0 Å². The number of aliphatic hydroxyl groups is 2. The molecule has 0 spiro atoms. The smallest absolute Gasteiger partial charge is 0.186 e. The Hall–Kier alpha value is -1.02. The lowest BCUT2D eigenvalue weighted by atomic mass is 9.99. The highest BCUT2D eigenvalue weighted by Gasteiger charge is 2.45. The van der Waals surface area contributed by atoms with Crippen molar-refractivity contribution >= 4 is 0 Å². The fourth-order valence-electron chi connectivity index (χ4n) is 2.45. The summed E-state index contributed by atoms with van der Waals surface area (Å²) >= 11 is 0. The number of methoxy groups -OCH3 is 2. The van der Waals surface area contributed by atoms with Crippen LogP contribution < -0.4 is 0 Å². The van der Waals surface area contributed by atoms with Gasteiger partial charge in [-0.15, -0.1) is 0 Å². The van der Waals surface area contributed by atoms with Crippen molar-refractivity contribution in [1.82, 2.24) is 0 Å². The van der Waals surface area contributed by atoms with Crippen LogP contribution in [-0.4, -0.2) is 61.7 Å². The van der Waals surface area contributed by atoms with E-state index in [9.17, 15) is 10.2 Å². The number of hydrogen-bond acceptors (Lipinski definition) is 6. The Morgan fingerprint density at radius 3 is 2.36 bits per heavy atom. The van der Waals surface area contributed by atoms with Crippen LogP contribution in [0.5, 0.6) is 0 Å². The molecule has 1 heterocycles. The van der Waals surface area contributed by atoms with Gasteiger partial charge in [0, 0.05) is 14.2 Å². The number of benzene rings is 1. The van der Waals surface area contributed by atoms with Gasteiger partial charge in [0.05, 0.1) is 13.2 Å². The van der Waals surface area contributed by atoms with E-state index in [0.717, 1.165) is 11.1 Å². The van der Waals surface area contributed by atoms with E-state index in [1.54, 1.807) is 0 Å². The second-order valence-electron chi connectivity index (χ2n) is 5.48. The Morgan fingerprint density at radius 2 is 1.77 bits per heavy atom. The maximum Gasteiger partial charge on any atom is 0.186 e. The molecule has 2 N–H and O–H groups in total. The average molecular weight is 312 g/mol. The number of aryl methyl sites for hydroxylation is 1. The second kappa shape index (κ2) is 8.01. The van der Waals surface area contributed by atoms with Crippen LogP contribution >= 0.6 is 0 Å². The summed E-state index contributed by atoms with van der Waals surface area (Å²) in [4.78, 5) is 0. The Bertz CT molecular complexity index is 446. The van der Waals surface area contributed by atoms with Gasteiger partial charge in [0.25, 0.3) is 0 Å². The van der Waals surface area contributed by atoms with E-state index in [1.807, 2.05) is 31.2 Å². The first-order valence-corrected chi connectivity index (χ1v) is 7.27. The van der Waals surface area contributed by atoms with Gasteiger partial charge in [-0.2, -0.15) is 0 Å². The Labute approximate surface area is 130 Å². The maximum atomic E-state index is 10.3. The predicted molar refractivity (Wildman–Crippen MR) is 79.3 cm³/mol. The zero-order valence-corrected chi connectivity index (χ0v) is 13.1. The number of ether oxygens (including phenoxy) is 4. The molecule has 0 saturated carbocycles. The minimum absolute atomic E-state index is 0.169. The van der Waals surface area contributed by atoms with Gasteiger partial charge in [0.2, 0.25) is 0 Å². The Morgan fingerprint density at radius 1 is 1.09 bits per heavy atom. The molecule has 1 aromatic rings. The van der Waals surface area contributed by atoms with E-state index in [4.69, 9.17) is 18.9 Å². The van der Waals surface area contributed by atoms with Gasteiger partial charge in [-0.3, -0.25) is 0 Å². The van der Waals surface area contributed by atoms with E-state index in [2.05, 4.69) is 0 Å². The quantitative estimate of drug-likeness (QED) is 0.802. The van der Waals surface area contributed by atoms with Crippen molar-refractivity contribution < 1.29 is 29.2 Å². The van der Waals surface area contributed by atoms with Crippen LogP contribution in [0.3, 0.4) is 0 Å². The highest BCUT2D eigenvalue weighted by molar-refractivity contribution is 5.20. The number of hydrogen-bond donors (Lipinski definition) is 2. The first-order chi connectivity index (χ1) is 10.6. The molecule has 5 unspecified atom stereocenters. The molecule has 6 nitrogen and oxygen atoms in total. The summed E-state index contributed by atoms with van der Waals surface area (Å²) in [5.41, 5.74) is 2.14. The third kappa shape index (κ3) is 4.04. The van der Waals surface area contributed by atoms with Gasteiger partial charge >= 0.3 is 0 Å². The molecule has 0 radical (unpaired) electrons. The molecule has 0 aliphatic carbocycles. The summed E-state index contributed by atoms with van der Waals surface area (Å²) in [7, 11) is 2.98.